The minimum atomic E-state index is -0.319. The van der Waals surface area contributed by atoms with E-state index in [1.54, 1.807) is 25.1 Å². The highest BCUT2D eigenvalue weighted by atomic mass is 32.1. The lowest BCUT2D eigenvalue weighted by Gasteiger charge is -2.04. The number of aryl methyl sites for hydroxylation is 1. The molecule has 1 heterocycles. The van der Waals surface area contributed by atoms with Crippen LogP contribution in [0.1, 0.15) is 32.9 Å². The second-order valence-corrected chi connectivity index (χ2v) is 6.70. The zero-order chi connectivity index (χ0) is 19.1. The molecule has 0 fully saturated rings. The van der Waals surface area contributed by atoms with E-state index in [4.69, 9.17) is 0 Å². The van der Waals surface area contributed by atoms with Gasteiger partial charge >= 0.3 is 0 Å². The summed E-state index contributed by atoms with van der Waals surface area (Å²) in [5.41, 5.74) is 1.43. The molecule has 2 N–H and O–H groups in total. The first-order valence-corrected chi connectivity index (χ1v) is 8.73. The molecule has 0 aliphatic rings. The summed E-state index contributed by atoms with van der Waals surface area (Å²) in [6.45, 7) is 3.41. The quantitative estimate of drug-likeness (QED) is 0.440. The molecule has 0 atom stereocenters. The lowest BCUT2D eigenvalue weighted by atomic mass is 10.2. The van der Waals surface area contributed by atoms with Gasteiger partial charge in [0.2, 0.25) is 0 Å². The molecule has 0 aliphatic heterocycles. The van der Waals surface area contributed by atoms with Crippen molar-refractivity contribution in [1.82, 2.24) is 10.3 Å². The molecule has 0 saturated carbocycles. The Balaban J connectivity index is 1.96. The number of hydrogen-bond acceptors (Lipinski definition) is 5. The van der Waals surface area contributed by atoms with Crippen LogP contribution in [-0.4, -0.2) is 21.8 Å². The van der Waals surface area contributed by atoms with Gasteiger partial charge in [0.1, 0.15) is 16.5 Å². The molecule has 1 aromatic carbocycles. The fourth-order valence-electron chi connectivity index (χ4n) is 2.15. The molecule has 0 bridgehead atoms. The molecule has 0 radical (unpaired) electrons. The maximum absolute atomic E-state index is 12.9. The number of nitrogens with zero attached hydrogens (tertiary/aromatic N) is 1. The maximum atomic E-state index is 12.9. The molecule has 0 saturated heterocycles. The van der Waals surface area contributed by atoms with Crippen molar-refractivity contribution in [2.24, 2.45) is 0 Å². The van der Waals surface area contributed by atoms with Crippen molar-refractivity contribution in [3.63, 3.8) is 0 Å². The molecular weight excluding hydrogens is 355 g/mol. The van der Waals surface area contributed by atoms with Crippen LogP contribution in [0, 0.1) is 12.7 Å². The summed E-state index contributed by atoms with van der Waals surface area (Å²) < 4.78 is 12.9. The van der Waals surface area contributed by atoms with E-state index in [0.717, 1.165) is 16.6 Å². The number of aliphatic hydroxyl groups is 1. The SMILES string of the molecule is CC(=O)/C=C(O)\C=C/Cc1nc(C)c(C(=O)NCc2ccc(F)cc2)s1. The van der Waals surface area contributed by atoms with Gasteiger partial charge in [0.15, 0.2) is 5.78 Å². The average molecular weight is 374 g/mol. The van der Waals surface area contributed by atoms with Gasteiger partial charge in [-0.05, 0) is 37.6 Å². The molecule has 5 nitrogen and oxygen atoms in total. The summed E-state index contributed by atoms with van der Waals surface area (Å²) in [6.07, 6.45) is 4.66. The predicted molar refractivity (Wildman–Crippen MR) is 98.7 cm³/mol. The van der Waals surface area contributed by atoms with Gasteiger partial charge in [0.25, 0.3) is 5.91 Å². The zero-order valence-electron chi connectivity index (χ0n) is 14.5. The molecular formula is C19H19FN2O3S. The molecule has 2 rings (SSSR count). The number of benzene rings is 1. The van der Waals surface area contributed by atoms with Gasteiger partial charge in [-0.3, -0.25) is 9.59 Å². The number of carbonyl (C=O) groups is 2. The Morgan fingerprint density at radius 1 is 1.31 bits per heavy atom. The van der Waals surface area contributed by atoms with Crippen LogP contribution in [0.4, 0.5) is 4.39 Å². The molecule has 0 aliphatic carbocycles. The van der Waals surface area contributed by atoms with E-state index in [2.05, 4.69) is 10.3 Å². The third-order valence-corrected chi connectivity index (χ3v) is 4.52. The summed E-state index contributed by atoms with van der Waals surface area (Å²) >= 11 is 1.27. The van der Waals surface area contributed by atoms with Crippen LogP contribution < -0.4 is 5.32 Å². The summed E-state index contributed by atoms with van der Waals surface area (Å²) in [5, 5.41) is 13.0. The number of nitrogens with one attached hydrogen (secondary N) is 1. The number of allylic oxidation sites excluding steroid dienone is 3. The largest absolute Gasteiger partial charge is 0.508 e. The number of hydrogen-bond donors (Lipinski definition) is 2. The number of thiazole rings is 1. The van der Waals surface area contributed by atoms with Crippen molar-refractivity contribution in [2.45, 2.75) is 26.8 Å². The van der Waals surface area contributed by atoms with Gasteiger partial charge in [0, 0.05) is 19.0 Å². The number of ketones is 1. The normalized spacial score (nSPS) is 11.7. The zero-order valence-corrected chi connectivity index (χ0v) is 15.3. The fraction of sp³-hybridized carbons (Fsp3) is 0.211. The van der Waals surface area contributed by atoms with Crippen LogP contribution in [0.5, 0.6) is 0 Å². The first kappa shape index (κ1) is 19.5. The second-order valence-electron chi connectivity index (χ2n) is 5.62. The Labute approximate surface area is 154 Å². The van der Waals surface area contributed by atoms with Crippen LogP contribution in [0.15, 0.2) is 48.3 Å². The van der Waals surface area contributed by atoms with Crippen molar-refractivity contribution in [1.29, 1.82) is 0 Å². The average Bonchev–Trinajstić information content (AvgIpc) is 2.94. The van der Waals surface area contributed by atoms with E-state index in [1.807, 2.05) is 0 Å². The van der Waals surface area contributed by atoms with E-state index < -0.39 is 0 Å². The van der Waals surface area contributed by atoms with Gasteiger partial charge in [0.05, 0.1) is 10.7 Å². The smallest absolute Gasteiger partial charge is 0.263 e. The minimum Gasteiger partial charge on any atom is -0.508 e. The molecule has 1 amide bonds. The van der Waals surface area contributed by atoms with Crippen LogP contribution in [0.2, 0.25) is 0 Å². The molecule has 1 aromatic heterocycles. The van der Waals surface area contributed by atoms with E-state index in [-0.39, 0.29) is 23.3 Å². The number of halogens is 1. The standard InChI is InChI=1S/C19H19FN2O3S/c1-12(23)10-16(24)4-3-5-17-22-13(2)18(26-17)19(25)21-11-14-6-8-15(20)9-7-14/h3-4,6-10,24H,5,11H2,1-2H3,(H,21,25)/b4-3-,16-10+. The van der Waals surface area contributed by atoms with Gasteiger partial charge in [-0.25, -0.2) is 9.37 Å². The molecule has 0 spiro atoms. The van der Waals surface area contributed by atoms with Gasteiger partial charge in [-0.15, -0.1) is 11.3 Å². The van der Waals surface area contributed by atoms with Crippen LogP contribution in [0.3, 0.4) is 0 Å². The molecule has 2 aromatic rings. The van der Waals surface area contributed by atoms with Crippen molar-refractivity contribution < 1.29 is 19.1 Å². The number of amides is 1. The van der Waals surface area contributed by atoms with Crippen molar-refractivity contribution >= 4 is 23.0 Å². The summed E-state index contributed by atoms with van der Waals surface area (Å²) in [6, 6.07) is 5.93. The highest BCUT2D eigenvalue weighted by molar-refractivity contribution is 7.13. The topological polar surface area (TPSA) is 79.3 Å². The fourth-order valence-corrected chi connectivity index (χ4v) is 3.11. The Hall–Kier alpha value is -2.80. The van der Waals surface area contributed by atoms with E-state index in [0.29, 0.717) is 23.5 Å². The van der Waals surface area contributed by atoms with Gasteiger partial charge < -0.3 is 10.4 Å². The molecule has 136 valence electrons. The lowest BCUT2D eigenvalue weighted by molar-refractivity contribution is -0.112. The Kier molecular flexibility index (Phi) is 6.80. The predicted octanol–water partition coefficient (Wildman–Crippen LogP) is 3.65. The summed E-state index contributed by atoms with van der Waals surface area (Å²) in [5.74, 6) is -0.917. The van der Waals surface area contributed by atoms with E-state index >= 15 is 0 Å². The Bertz CT molecular complexity index is 854. The maximum Gasteiger partial charge on any atom is 0.263 e. The van der Waals surface area contributed by atoms with Crippen LogP contribution in [-0.2, 0) is 17.8 Å². The number of rotatable bonds is 7. The number of aliphatic hydroxyl groups excluding tert-OH is 1. The van der Waals surface area contributed by atoms with Gasteiger partial charge in [-0.2, -0.15) is 0 Å². The second kappa shape index (κ2) is 9.05. The first-order chi connectivity index (χ1) is 12.3. The molecule has 7 heteroatoms. The highest BCUT2D eigenvalue weighted by Crippen LogP contribution is 2.19. The van der Waals surface area contributed by atoms with E-state index in [9.17, 15) is 19.1 Å². The first-order valence-electron chi connectivity index (χ1n) is 7.92. The van der Waals surface area contributed by atoms with Crippen LogP contribution >= 0.6 is 11.3 Å². The third-order valence-electron chi connectivity index (χ3n) is 3.35. The van der Waals surface area contributed by atoms with Crippen molar-refractivity contribution in [3.05, 3.63) is 75.2 Å². The number of aromatic nitrogens is 1. The van der Waals surface area contributed by atoms with Crippen molar-refractivity contribution in [2.75, 3.05) is 0 Å². The number of carbonyl (C=O) groups excluding carboxylic acids is 2. The summed E-state index contributed by atoms with van der Waals surface area (Å²) in [4.78, 5) is 28.0. The summed E-state index contributed by atoms with van der Waals surface area (Å²) in [7, 11) is 0. The highest BCUT2D eigenvalue weighted by Gasteiger charge is 2.14. The Morgan fingerprint density at radius 3 is 2.65 bits per heavy atom. The lowest BCUT2D eigenvalue weighted by Crippen LogP contribution is -2.22. The monoisotopic (exact) mass is 374 g/mol. The van der Waals surface area contributed by atoms with E-state index in [1.165, 1.54) is 36.5 Å². The van der Waals surface area contributed by atoms with Crippen molar-refractivity contribution in [3.8, 4) is 0 Å². The van der Waals surface area contributed by atoms with Crippen LogP contribution in [0.25, 0.3) is 0 Å². The van der Waals surface area contributed by atoms with Gasteiger partial charge in [-0.1, -0.05) is 18.2 Å². The minimum absolute atomic E-state index is 0.122. The third kappa shape index (κ3) is 5.93. The molecule has 26 heavy (non-hydrogen) atoms. The molecule has 0 unspecified atom stereocenters. The Morgan fingerprint density at radius 2 is 2.00 bits per heavy atom.